The molecule has 1 aromatic rings. The summed E-state index contributed by atoms with van der Waals surface area (Å²) in [6.45, 7) is 0.638. The lowest BCUT2D eigenvalue weighted by Gasteiger charge is -2.31. The van der Waals surface area contributed by atoms with E-state index in [4.69, 9.17) is 0 Å². The van der Waals surface area contributed by atoms with Crippen molar-refractivity contribution in [2.24, 2.45) is 0 Å². The molecule has 1 fully saturated rings. The van der Waals surface area contributed by atoms with Crippen LogP contribution in [0, 0.1) is 0 Å². The highest BCUT2D eigenvalue weighted by molar-refractivity contribution is 7.89. The van der Waals surface area contributed by atoms with Crippen molar-refractivity contribution >= 4 is 21.6 Å². The van der Waals surface area contributed by atoms with Crippen LogP contribution in [-0.4, -0.2) is 57.3 Å². The smallest absolute Gasteiger partial charge is 0.245 e. The van der Waals surface area contributed by atoms with Crippen molar-refractivity contribution in [2.45, 2.75) is 4.90 Å². The molecule has 0 aromatic heterocycles. The van der Waals surface area contributed by atoms with Gasteiger partial charge in [0.15, 0.2) is 0 Å². The van der Waals surface area contributed by atoms with Gasteiger partial charge >= 0.3 is 0 Å². The monoisotopic (exact) mass is 283 g/mol. The van der Waals surface area contributed by atoms with E-state index in [1.165, 1.54) is 9.21 Å². The van der Waals surface area contributed by atoms with E-state index in [9.17, 15) is 13.2 Å². The summed E-state index contributed by atoms with van der Waals surface area (Å²) in [7, 11) is -0.293. The molecule has 1 aliphatic heterocycles. The zero-order valence-electron chi connectivity index (χ0n) is 11.0. The average molecular weight is 283 g/mol. The number of para-hydroxylation sites is 1. The van der Waals surface area contributed by atoms with E-state index < -0.39 is 10.0 Å². The normalized spacial score (nSPS) is 17.6. The minimum absolute atomic E-state index is 0.100. The van der Waals surface area contributed by atoms with Gasteiger partial charge in [-0.3, -0.25) is 4.79 Å². The van der Waals surface area contributed by atoms with E-state index in [0.717, 1.165) is 0 Å². The number of benzene rings is 1. The highest BCUT2D eigenvalue weighted by atomic mass is 32.2. The topological polar surface area (TPSA) is 69.7 Å². The molecule has 1 N–H and O–H groups in total. The predicted molar refractivity (Wildman–Crippen MR) is 72.4 cm³/mol. The van der Waals surface area contributed by atoms with Gasteiger partial charge in [0.25, 0.3) is 0 Å². The van der Waals surface area contributed by atoms with Crippen LogP contribution in [0.25, 0.3) is 0 Å². The summed E-state index contributed by atoms with van der Waals surface area (Å²) in [6, 6.07) is 6.68. The SMILES string of the molecule is CNc1ccccc1S(=O)(=O)N1CCN(C)C(=O)C1. The highest BCUT2D eigenvalue weighted by Gasteiger charge is 2.32. The van der Waals surface area contributed by atoms with Crippen molar-refractivity contribution in [3.63, 3.8) is 0 Å². The van der Waals surface area contributed by atoms with Gasteiger partial charge in [0.2, 0.25) is 15.9 Å². The van der Waals surface area contributed by atoms with Crippen molar-refractivity contribution in [1.82, 2.24) is 9.21 Å². The minimum atomic E-state index is -3.64. The van der Waals surface area contributed by atoms with E-state index in [2.05, 4.69) is 5.32 Å². The van der Waals surface area contributed by atoms with Crippen LogP contribution in [0.1, 0.15) is 0 Å². The van der Waals surface area contributed by atoms with E-state index in [0.29, 0.717) is 18.8 Å². The molecule has 1 aromatic carbocycles. The van der Waals surface area contributed by atoms with Crippen LogP contribution in [0.15, 0.2) is 29.2 Å². The molecule has 0 saturated carbocycles. The first-order valence-corrected chi connectivity index (χ1v) is 7.41. The largest absolute Gasteiger partial charge is 0.387 e. The molecule has 19 heavy (non-hydrogen) atoms. The first-order valence-electron chi connectivity index (χ1n) is 5.97. The zero-order chi connectivity index (χ0) is 14.0. The number of hydrogen-bond acceptors (Lipinski definition) is 4. The molecule has 1 amide bonds. The maximum atomic E-state index is 12.5. The zero-order valence-corrected chi connectivity index (χ0v) is 11.8. The molecular formula is C12H17N3O3S. The fraction of sp³-hybridized carbons (Fsp3) is 0.417. The third kappa shape index (κ3) is 2.57. The lowest BCUT2D eigenvalue weighted by Crippen LogP contribution is -2.50. The molecule has 7 heteroatoms. The van der Waals surface area contributed by atoms with Crippen molar-refractivity contribution < 1.29 is 13.2 Å². The summed E-state index contributed by atoms with van der Waals surface area (Å²) in [5.74, 6) is -0.184. The summed E-state index contributed by atoms with van der Waals surface area (Å²) < 4.78 is 26.3. The molecule has 1 heterocycles. The number of carbonyl (C=O) groups excluding carboxylic acids is 1. The van der Waals surface area contributed by atoms with E-state index >= 15 is 0 Å². The molecule has 0 spiro atoms. The van der Waals surface area contributed by atoms with Crippen molar-refractivity contribution in [3.8, 4) is 0 Å². The molecule has 0 unspecified atom stereocenters. The Kier molecular flexibility index (Phi) is 3.77. The number of likely N-dealkylation sites (N-methyl/N-ethyl adjacent to an activating group) is 1. The van der Waals surface area contributed by atoms with Gasteiger partial charge in [-0.05, 0) is 12.1 Å². The number of carbonyl (C=O) groups is 1. The van der Waals surface area contributed by atoms with Gasteiger partial charge < -0.3 is 10.2 Å². The summed E-state index contributed by atoms with van der Waals surface area (Å²) in [6.07, 6.45) is 0. The third-order valence-corrected chi connectivity index (χ3v) is 5.10. The lowest BCUT2D eigenvalue weighted by molar-refractivity contribution is -0.132. The molecule has 0 bridgehead atoms. The fourth-order valence-electron chi connectivity index (χ4n) is 1.98. The van der Waals surface area contributed by atoms with Crippen molar-refractivity contribution in [1.29, 1.82) is 0 Å². The number of rotatable bonds is 3. The van der Waals surface area contributed by atoms with E-state index in [-0.39, 0.29) is 17.3 Å². The number of anilines is 1. The second-order valence-electron chi connectivity index (χ2n) is 4.40. The molecule has 2 rings (SSSR count). The van der Waals surface area contributed by atoms with Crippen LogP contribution in [0.3, 0.4) is 0 Å². The molecule has 0 aliphatic carbocycles. The van der Waals surface area contributed by atoms with Crippen LogP contribution in [0.2, 0.25) is 0 Å². The second kappa shape index (κ2) is 5.18. The van der Waals surface area contributed by atoms with Gasteiger partial charge in [-0.25, -0.2) is 8.42 Å². The molecule has 1 saturated heterocycles. The molecule has 104 valence electrons. The van der Waals surface area contributed by atoms with Crippen molar-refractivity contribution in [2.75, 3.05) is 39.0 Å². The van der Waals surface area contributed by atoms with Gasteiger partial charge in [-0.1, -0.05) is 12.1 Å². The standard InChI is InChI=1S/C12H17N3O3S/c1-13-10-5-3-4-6-11(10)19(17,18)15-8-7-14(2)12(16)9-15/h3-6,13H,7-9H2,1-2H3. The van der Waals surface area contributed by atoms with Gasteiger partial charge in [0.1, 0.15) is 4.90 Å². The first-order chi connectivity index (χ1) is 8.96. The Morgan fingerprint density at radius 1 is 1.21 bits per heavy atom. The van der Waals surface area contributed by atoms with Crippen LogP contribution in [-0.2, 0) is 14.8 Å². The predicted octanol–water partition coefficient (Wildman–Crippen LogP) is 0.191. The van der Waals surface area contributed by atoms with E-state index in [1.807, 2.05) is 0 Å². The van der Waals surface area contributed by atoms with Crippen molar-refractivity contribution in [3.05, 3.63) is 24.3 Å². The molecule has 0 radical (unpaired) electrons. The van der Waals surface area contributed by atoms with Crippen LogP contribution in [0.4, 0.5) is 5.69 Å². The number of piperazine rings is 1. The number of amides is 1. The summed E-state index contributed by atoms with van der Waals surface area (Å²) in [4.78, 5) is 13.4. The van der Waals surface area contributed by atoms with Crippen LogP contribution < -0.4 is 5.32 Å². The highest BCUT2D eigenvalue weighted by Crippen LogP contribution is 2.24. The van der Waals surface area contributed by atoms with Crippen LogP contribution >= 0.6 is 0 Å². The Bertz CT molecular complexity index is 586. The minimum Gasteiger partial charge on any atom is -0.387 e. The second-order valence-corrected chi connectivity index (χ2v) is 6.31. The summed E-state index contributed by atoms with van der Waals surface area (Å²) in [5.41, 5.74) is 0.536. The Morgan fingerprint density at radius 2 is 1.89 bits per heavy atom. The molecule has 1 aliphatic rings. The lowest BCUT2D eigenvalue weighted by atomic mass is 10.3. The van der Waals surface area contributed by atoms with Crippen LogP contribution in [0.5, 0.6) is 0 Å². The number of hydrogen-bond donors (Lipinski definition) is 1. The maximum absolute atomic E-state index is 12.5. The van der Waals surface area contributed by atoms with Gasteiger partial charge in [0.05, 0.1) is 12.2 Å². The van der Waals surface area contributed by atoms with Gasteiger partial charge in [-0.2, -0.15) is 4.31 Å². The average Bonchev–Trinajstić information content (AvgIpc) is 2.41. The Morgan fingerprint density at radius 3 is 2.53 bits per heavy atom. The molecule has 0 atom stereocenters. The fourth-order valence-corrected chi connectivity index (χ4v) is 3.56. The summed E-state index contributed by atoms with van der Waals surface area (Å²) in [5, 5.41) is 2.86. The molecular weight excluding hydrogens is 266 g/mol. The Labute approximate surface area is 113 Å². The summed E-state index contributed by atoms with van der Waals surface area (Å²) >= 11 is 0. The van der Waals surface area contributed by atoms with E-state index in [1.54, 1.807) is 38.4 Å². The number of nitrogens with zero attached hydrogens (tertiary/aromatic N) is 2. The molecule has 6 nitrogen and oxygen atoms in total. The Hall–Kier alpha value is -1.60. The van der Waals surface area contributed by atoms with Gasteiger partial charge in [-0.15, -0.1) is 0 Å². The third-order valence-electron chi connectivity index (χ3n) is 3.20. The number of nitrogens with one attached hydrogen (secondary N) is 1. The quantitative estimate of drug-likeness (QED) is 0.860. The van der Waals surface area contributed by atoms with Gasteiger partial charge in [0, 0.05) is 27.2 Å². The number of sulfonamides is 1. The maximum Gasteiger partial charge on any atom is 0.245 e. The first kappa shape index (κ1) is 13.8. The Balaban J connectivity index is 2.35.